The lowest BCUT2D eigenvalue weighted by Gasteiger charge is -2.05. The van der Waals surface area contributed by atoms with E-state index in [2.05, 4.69) is 50.2 Å². The molecule has 0 radical (unpaired) electrons. The van der Waals surface area contributed by atoms with Gasteiger partial charge in [0.1, 0.15) is 0 Å². The number of carbonyl (C=O) groups is 1. The molecule has 2 aromatic rings. The van der Waals surface area contributed by atoms with Gasteiger partial charge in [-0.15, -0.1) is 0 Å². The number of unbranched alkanes of at least 4 members (excludes halogenated alkanes) is 3. The Morgan fingerprint density at radius 3 is 1.88 bits per heavy atom. The van der Waals surface area contributed by atoms with E-state index in [1.807, 2.05) is 12.1 Å². The van der Waals surface area contributed by atoms with Crippen LogP contribution in [0.4, 0.5) is 0 Å². The quantitative estimate of drug-likeness (QED) is 0.373. The van der Waals surface area contributed by atoms with Crippen LogP contribution in [-0.4, -0.2) is 5.12 Å². The highest BCUT2D eigenvalue weighted by molar-refractivity contribution is 8.14. The highest BCUT2D eigenvalue weighted by atomic mass is 32.2. The first-order valence-corrected chi connectivity index (χ1v) is 9.94. The van der Waals surface area contributed by atoms with Crippen LogP contribution in [0.25, 0.3) is 0 Å². The van der Waals surface area contributed by atoms with E-state index in [9.17, 15) is 4.79 Å². The van der Waals surface area contributed by atoms with Crippen molar-refractivity contribution in [1.82, 2.24) is 0 Å². The Hall–Kier alpha value is -1.54. The van der Waals surface area contributed by atoms with Crippen LogP contribution in [0.5, 0.6) is 0 Å². The Kier molecular flexibility index (Phi) is 8.11. The zero-order chi connectivity index (χ0) is 17.2. The molecule has 0 aromatic heterocycles. The summed E-state index contributed by atoms with van der Waals surface area (Å²) in [4.78, 5) is 13.4. The summed E-state index contributed by atoms with van der Waals surface area (Å²) in [6, 6.07) is 16.5. The molecule has 0 saturated heterocycles. The molecule has 0 aliphatic rings. The Morgan fingerprint density at radius 1 is 0.750 bits per heavy atom. The molecule has 0 unspecified atom stereocenters. The number of rotatable bonds is 9. The van der Waals surface area contributed by atoms with Crippen molar-refractivity contribution in [1.29, 1.82) is 0 Å². The van der Waals surface area contributed by atoms with E-state index in [0.717, 1.165) is 23.3 Å². The fourth-order valence-electron chi connectivity index (χ4n) is 2.66. The summed E-state index contributed by atoms with van der Waals surface area (Å²) in [6.07, 6.45) is 8.39. The molecule has 0 heterocycles. The molecule has 0 aliphatic heterocycles. The van der Waals surface area contributed by atoms with Crippen molar-refractivity contribution in [3.8, 4) is 0 Å². The first-order valence-electron chi connectivity index (χ1n) is 9.13. The first kappa shape index (κ1) is 18.8. The van der Waals surface area contributed by atoms with Crippen molar-refractivity contribution < 1.29 is 4.79 Å². The Labute approximate surface area is 150 Å². The molecular formula is C22H28OS. The summed E-state index contributed by atoms with van der Waals surface area (Å²) in [5, 5.41) is 0.122. The van der Waals surface area contributed by atoms with Gasteiger partial charge >= 0.3 is 0 Å². The van der Waals surface area contributed by atoms with Crippen molar-refractivity contribution >= 4 is 16.9 Å². The standard InChI is InChI=1S/C22H28OS/c1-3-5-7-9-19-10-14-20(15-11-19)22(23)24-21-16-12-18(13-17-21)8-6-4-2/h10-17H,3-9H2,1-2H3. The Bertz CT molecular complexity index is 613. The van der Waals surface area contributed by atoms with Gasteiger partial charge in [-0.2, -0.15) is 0 Å². The maximum atomic E-state index is 12.4. The number of thioether (sulfide) groups is 1. The van der Waals surface area contributed by atoms with Crippen LogP contribution < -0.4 is 0 Å². The average molecular weight is 341 g/mol. The van der Waals surface area contributed by atoms with Crippen LogP contribution in [0.3, 0.4) is 0 Å². The van der Waals surface area contributed by atoms with Crippen LogP contribution in [-0.2, 0) is 12.8 Å². The fraction of sp³-hybridized carbons (Fsp3) is 0.409. The maximum Gasteiger partial charge on any atom is 0.224 e. The maximum absolute atomic E-state index is 12.4. The van der Waals surface area contributed by atoms with Gasteiger partial charge in [-0.25, -0.2) is 0 Å². The number of benzene rings is 2. The second-order valence-electron chi connectivity index (χ2n) is 6.29. The van der Waals surface area contributed by atoms with Gasteiger partial charge in [0.15, 0.2) is 0 Å². The predicted octanol–water partition coefficient (Wildman–Crippen LogP) is 6.69. The molecule has 0 fully saturated rings. The van der Waals surface area contributed by atoms with Crippen LogP contribution in [0.2, 0.25) is 0 Å². The molecule has 128 valence electrons. The molecule has 0 spiro atoms. The summed E-state index contributed by atoms with van der Waals surface area (Å²) >= 11 is 1.32. The monoisotopic (exact) mass is 340 g/mol. The fourth-order valence-corrected chi connectivity index (χ4v) is 3.40. The van der Waals surface area contributed by atoms with Gasteiger partial charge in [0, 0.05) is 10.5 Å². The highest BCUT2D eigenvalue weighted by Crippen LogP contribution is 2.24. The topological polar surface area (TPSA) is 17.1 Å². The SMILES string of the molecule is CCCCCc1ccc(C(=O)Sc2ccc(CCCC)cc2)cc1. The van der Waals surface area contributed by atoms with Gasteiger partial charge in [-0.05, 0) is 60.7 Å². The number of carbonyl (C=O) groups excluding carboxylic acids is 1. The zero-order valence-electron chi connectivity index (χ0n) is 14.9. The van der Waals surface area contributed by atoms with E-state index < -0.39 is 0 Å². The van der Waals surface area contributed by atoms with E-state index in [0.29, 0.717) is 0 Å². The second-order valence-corrected chi connectivity index (χ2v) is 7.34. The molecule has 0 aliphatic carbocycles. The van der Waals surface area contributed by atoms with E-state index in [4.69, 9.17) is 0 Å². The summed E-state index contributed by atoms with van der Waals surface area (Å²) in [7, 11) is 0. The molecule has 0 atom stereocenters. The molecule has 24 heavy (non-hydrogen) atoms. The third-order valence-electron chi connectivity index (χ3n) is 4.21. The van der Waals surface area contributed by atoms with Crippen molar-refractivity contribution in [2.45, 2.75) is 63.7 Å². The largest absolute Gasteiger partial charge is 0.281 e. The lowest BCUT2D eigenvalue weighted by atomic mass is 10.1. The van der Waals surface area contributed by atoms with E-state index in [1.54, 1.807) is 0 Å². The van der Waals surface area contributed by atoms with Gasteiger partial charge in [0.05, 0.1) is 0 Å². The van der Waals surface area contributed by atoms with Crippen molar-refractivity contribution in [3.05, 3.63) is 65.2 Å². The molecule has 2 rings (SSSR count). The molecule has 1 nitrogen and oxygen atoms in total. The Balaban J connectivity index is 1.89. The molecule has 2 heteroatoms. The summed E-state index contributed by atoms with van der Waals surface area (Å²) in [6.45, 7) is 4.42. The highest BCUT2D eigenvalue weighted by Gasteiger charge is 2.08. The lowest BCUT2D eigenvalue weighted by Crippen LogP contribution is -1.94. The summed E-state index contributed by atoms with van der Waals surface area (Å²) in [5.41, 5.74) is 3.46. The van der Waals surface area contributed by atoms with Gasteiger partial charge in [-0.3, -0.25) is 4.79 Å². The number of aryl methyl sites for hydroxylation is 2. The molecule has 0 saturated carbocycles. The van der Waals surface area contributed by atoms with Gasteiger partial charge in [-0.1, -0.05) is 69.5 Å². The first-order chi connectivity index (χ1) is 11.7. The zero-order valence-corrected chi connectivity index (χ0v) is 15.7. The summed E-state index contributed by atoms with van der Waals surface area (Å²) < 4.78 is 0. The minimum absolute atomic E-state index is 0.122. The minimum atomic E-state index is 0.122. The lowest BCUT2D eigenvalue weighted by molar-refractivity contribution is 0.108. The smallest absolute Gasteiger partial charge is 0.224 e. The predicted molar refractivity (Wildman–Crippen MR) is 105 cm³/mol. The van der Waals surface area contributed by atoms with Crippen molar-refractivity contribution in [2.75, 3.05) is 0 Å². The van der Waals surface area contributed by atoms with Crippen LogP contribution in [0, 0.1) is 0 Å². The number of hydrogen-bond donors (Lipinski definition) is 0. The third-order valence-corrected chi connectivity index (χ3v) is 5.14. The molecule has 0 bridgehead atoms. The average Bonchev–Trinajstić information content (AvgIpc) is 2.62. The van der Waals surface area contributed by atoms with Gasteiger partial charge in [0.25, 0.3) is 0 Å². The van der Waals surface area contributed by atoms with Crippen LogP contribution in [0.1, 0.15) is 67.4 Å². The normalized spacial score (nSPS) is 10.8. The molecule has 0 amide bonds. The summed E-state index contributed by atoms with van der Waals surface area (Å²) in [5.74, 6) is 0. The second kappa shape index (κ2) is 10.4. The van der Waals surface area contributed by atoms with Gasteiger partial charge < -0.3 is 0 Å². The van der Waals surface area contributed by atoms with E-state index in [-0.39, 0.29) is 5.12 Å². The van der Waals surface area contributed by atoms with E-state index >= 15 is 0 Å². The minimum Gasteiger partial charge on any atom is -0.281 e. The van der Waals surface area contributed by atoms with Crippen LogP contribution >= 0.6 is 11.8 Å². The molecule has 0 N–H and O–H groups in total. The third kappa shape index (κ3) is 6.16. The van der Waals surface area contributed by atoms with Crippen molar-refractivity contribution in [3.63, 3.8) is 0 Å². The molecule has 2 aromatic carbocycles. The number of hydrogen-bond acceptors (Lipinski definition) is 2. The van der Waals surface area contributed by atoms with Crippen molar-refractivity contribution in [2.24, 2.45) is 0 Å². The van der Waals surface area contributed by atoms with Gasteiger partial charge in [0.2, 0.25) is 5.12 Å². The Morgan fingerprint density at radius 2 is 1.29 bits per heavy atom. The van der Waals surface area contributed by atoms with Crippen LogP contribution in [0.15, 0.2) is 53.4 Å². The molecular weight excluding hydrogens is 312 g/mol. The van der Waals surface area contributed by atoms with E-state index in [1.165, 1.54) is 55.0 Å².